The van der Waals surface area contributed by atoms with Gasteiger partial charge in [0, 0.05) is 27.1 Å². The zero-order valence-electron chi connectivity index (χ0n) is 16.6. The van der Waals surface area contributed by atoms with Crippen LogP contribution in [0.4, 0.5) is 5.69 Å². The Labute approximate surface area is 200 Å². The molecule has 4 aromatic rings. The molecular weight excluding hydrogens is 491 g/mol. The summed E-state index contributed by atoms with van der Waals surface area (Å²) in [6.45, 7) is -0.0874. The highest BCUT2D eigenvalue weighted by atomic mass is 35.5. The van der Waals surface area contributed by atoms with Crippen molar-refractivity contribution in [2.75, 3.05) is 5.32 Å². The van der Waals surface area contributed by atoms with E-state index in [1.807, 2.05) is 0 Å². The van der Waals surface area contributed by atoms with Crippen molar-refractivity contribution in [3.8, 4) is 0 Å². The molecule has 1 amide bonds. The van der Waals surface area contributed by atoms with Gasteiger partial charge in [-0.3, -0.25) is 4.79 Å². The molecule has 1 heterocycles. The summed E-state index contributed by atoms with van der Waals surface area (Å²) < 4.78 is 28.0. The third kappa shape index (κ3) is 4.94. The third-order valence-corrected chi connectivity index (χ3v) is 7.38. The lowest BCUT2D eigenvalue weighted by Crippen LogP contribution is -2.18. The molecule has 0 unspecified atom stereocenters. The second-order valence-electron chi connectivity index (χ2n) is 7.20. The van der Waals surface area contributed by atoms with Crippen LogP contribution in [0.5, 0.6) is 0 Å². The minimum absolute atomic E-state index is 0.0874. The van der Waals surface area contributed by atoms with Crippen LogP contribution in [0.2, 0.25) is 15.1 Å². The predicted octanol–water partition coefficient (Wildman–Crippen LogP) is 6.21. The van der Waals surface area contributed by atoms with Gasteiger partial charge in [-0.1, -0.05) is 65.1 Å². The number of hydrogen-bond acceptors (Lipinski definition) is 3. The van der Waals surface area contributed by atoms with Crippen LogP contribution >= 0.6 is 34.8 Å². The molecule has 1 N–H and O–H groups in total. The van der Waals surface area contributed by atoms with Gasteiger partial charge in [0.2, 0.25) is 5.91 Å². The minimum Gasteiger partial charge on any atom is -0.337 e. The molecule has 0 aliphatic heterocycles. The van der Waals surface area contributed by atoms with Gasteiger partial charge in [-0.15, -0.1) is 0 Å². The standard InChI is InChI=1S/C23H17Cl3N2O3S/c24-16-7-5-15(6-8-16)14-32(30,31)22-12-28(21-4-2-1-3-18(21)22)13-23(29)27-20-10-9-17(25)11-19(20)26/h1-12H,13-14H2,(H,27,29). The zero-order valence-corrected chi connectivity index (χ0v) is 19.6. The van der Waals surface area contributed by atoms with Crippen LogP contribution in [0.1, 0.15) is 5.56 Å². The average Bonchev–Trinajstić information content (AvgIpc) is 3.11. The summed E-state index contributed by atoms with van der Waals surface area (Å²) in [5.41, 5.74) is 1.69. The number of benzene rings is 3. The zero-order chi connectivity index (χ0) is 22.9. The third-order valence-electron chi connectivity index (χ3n) is 4.88. The van der Waals surface area contributed by atoms with Crippen LogP contribution in [-0.4, -0.2) is 18.9 Å². The van der Waals surface area contributed by atoms with Crippen LogP contribution in [-0.2, 0) is 26.9 Å². The minimum atomic E-state index is -3.67. The number of nitrogens with zero attached hydrogens (tertiary/aromatic N) is 1. The molecule has 0 saturated heterocycles. The van der Waals surface area contributed by atoms with E-state index < -0.39 is 9.84 Å². The Kier molecular flexibility index (Phi) is 6.49. The molecule has 5 nitrogen and oxygen atoms in total. The first kappa shape index (κ1) is 22.7. The molecule has 3 aromatic carbocycles. The molecule has 0 spiro atoms. The van der Waals surface area contributed by atoms with Gasteiger partial charge in [0.25, 0.3) is 0 Å². The number of carbonyl (C=O) groups is 1. The van der Waals surface area contributed by atoms with Gasteiger partial charge in [-0.05, 0) is 42.0 Å². The first-order valence-electron chi connectivity index (χ1n) is 9.53. The van der Waals surface area contributed by atoms with Crippen LogP contribution in [0.15, 0.2) is 77.8 Å². The van der Waals surface area contributed by atoms with Crippen molar-refractivity contribution in [1.29, 1.82) is 0 Å². The van der Waals surface area contributed by atoms with E-state index in [0.29, 0.717) is 37.2 Å². The molecule has 0 aliphatic rings. The molecule has 9 heteroatoms. The fraction of sp³-hybridized carbons (Fsp3) is 0.0870. The summed E-state index contributed by atoms with van der Waals surface area (Å²) in [6, 6.07) is 18.5. The number of carbonyl (C=O) groups excluding carboxylic acids is 1. The second-order valence-corrected chi connectivity index (χ2v) is 10.4. The molecule has 0 aliphatic carbocycles. The van der Waals surface area contributed by atoms with Crippen LogP contribution < -0.4 is 5.32 Å². The summed E-state index contributed by atoms with van der Waals surface area (Å²) in [7, 11) is -3.67. The Balaban J connectivity index is 1.63. The SMILES string of the molecule is O=C(Cn1cc(S(=O)(=O)Cc2ccc(Cl)cc2)c2ccccc21)Nc1ccc(Cl)cc1Cl. The fourth-order valence-corrected chi connectivity index (χ4v) is 5.57. The van der Waals surface area contributed by atoms with Crippen molar-refractivity contribution in [2.24, 2.45) is 0 Å². The lowest BCUT2D eigenvalue weighted by Gasteiger charge is -2.09. The molecule has 0 fully saturated rings. The topological polar surface area (TPSA) is 68.2 Å². The van der Waals surface area contributed by atoms with Gasteiger partial charge >= 0.3 is 0 Å². The number of aromatic nitrogens is 1. The number of sulfone groups is 1. The number of nitrogens with one attached hydrogen (secondary N) is 1. The molecule has 0 bridgehead atoms. The van der Waals surface area contributed by atoms with Crippen LogP contribution in [0.25, 0.3) is 10.9 Å². The molecule has 1 aromatic heterocycles. The Morgan fingerprint density at radius 1 is 0.906 bits per heavy atom. The van der Waals surface area contributed by atoms with Crippen molar-refractivity contribution in [3.63, 3.8) is 0 Å². The lowest BCUT2D eigenvalue weighted by molar-refractivity contribution is -0.116. The number of para-hydroxylation sites is 1. The number of hydrogen-bond donors (Lipinski definition) is 1. The van der Waals surface area contributed by atoms with E-state index in [9.17, 15) is 13.2 Å². The van der Waals surface area contributed by atoms with Crippen molar-refractivity contribution in [2.45, 2.75) is 17.2 Å². The van der Waals surface area contributed by atoms with Crippen LogP contribution in [0, 0.1) is 0 Å². The van der Waals surface area contributed by atoms with Crippen molar-refractivity contribution in [3.05, 3.63) is 93.6 Å². The van der Waals surface area contributed by atoms with Gasteiger partial charge in [-0.25, -0.2) is 8.42 Å². The summed E-state index contributed by atoms with van der Waals surface area (Å²) in [5, 5.41) is 4.60. The van der Waals surface area contributed by atoms with Gasteiger partial charge in [0.15, 0.2) is 9.84 Å². The second kappa shape index (κ2) is 9.16. The number of anilines is 1. The molecule has 32 heavy (non-hydrogen) atoms. The van der Waals surface area contributed by atoms with Crippen molar-refractivity contribution in [1.82, 2.24) is 4.57 Å². The van der Waals surface area contributed by atoms with Gasteiger partial charge < -0.3 is 9.88 Å². The Bertz CT molecular complexity index is 1410. The average molecular weight is 508 g/mol. The van der Waals surface area contributed by atoms with E-state index >= 15 is 0 Å². The molecule has 4 rings (SSSR count). The first-order valence-corrected chi connectivity index (χ1v) is 12.3. The molecule has 164 valence electrons. The van der Waals surface area contributed by atoms with E-state index in [2.05, 4.69) is 5.32 Å². The maximum atomic E-state index is 13.2. The summed E-state index contributed by atoms with van der Waals surface area (Å²) in [5.74, 6) is -0.526. The van der Waals surface area contributed by atoms with Crippen LogP contribution in [0.3, 0.4) is 0 Å². The van der Waals surface area contributed by atoms with E-state index in [4.69, 9.17) is 34.8 Å². The monoisotopic (exact) mass is 506 g/mol. The Hall–Kier alpha value is -2.51. The normalized spacial score (nSPS) is 11.6. The number of rotatable bonds is 6. The summed E-state index contributed by atoms with van der Waals surface area (Å²) >= 11 is 17.9. The Morgan fingerprint density at radius 3 is 2.31 bits per heavy atom. The van der Waals surface area contributed by atoms with E-state index in [-0.39, 0.29) is 23.1 Å². The summed E-state index contributed by atoms with van der Waals surface area (Å²) in [6.07, 6.45) is 1.50. The summed E-state index contributed by atoms with van der Waals surface area (Å²) in [4.78, 5) is 12.8. The largest absolute Gasteiger partial charge is 0.337 e. The van der Waals surface area contributed by atoms with E-state index in [1.165, 1.54) is 12.3 Å². The molecule has 0 saturated carbocycles. The quantitative estimate of drug-likeness (QED) is 0.337. The molecule has 0 atom stereocenters. The number of fused-ring (bicyclic) bond motifs is 1. The highest BCUT2D eigenvalue weighted by Crippen LogP contribution is 2.29. The van der Waals surface area contributed by atoms with Gasteiger partial charge in [0.1, 0.15) is 6.54 Å². The van der Waals surface area contributed by atoms with E-state index in [1.54, 1.807) is 65.2 Å². The predicted molar refractivity (Wildman–Crippen MR) is 129 cm³/mol. The number of amides is 1. The lowest BCUT2D eigenvalue weighted by atomic mass is 10.2. The molecular formula is C23H17Cl3N2O3S. The highest BCUT2D eigenvalue weighted by Gasteiger charge is 2.22. The maximum absolute atomic E-state index is 13.2. The fourth-order valence-electron chi connectivity index (χ4n) is 3.40. The van der Waals surface area contributed by atoms with Gasteiger partial charge in [-0.2, -0.15) is 0 Å². The molecule has 0 radical (unpaired) electrons. The van der Waals surface area contributed by atoms with Gasteiger partial charge in [0.05, 0.1) is 21.4 Å². The smallest absolute Gasteiger partial charge is 0.244 e. The first-order chi connectivity index (χ1) is 15.2. The number of halogens is 3. The van der Waals surface area contributed by atoms with Crippen molar-refractivity contribution < 1.29 is 13.2 Å². The maximum Gasteiger partial charge on any atom is 0.244 e. The van der Waals surface area contributed by atoms with E-state index in [0.717, 1.165) is 0 Å². The Morgan fingerprint density at radius 2 is 1.59 bits per heavy atom. The highest BCUT2D eigenvalue weighted by molar-refractivity contribution is 7.90. The van der Waals surface area contributed by atoms with Crippen molar-refractivity contribution >= 4 is 67.1 Å².